The van der Waals surface area contributed by atoms with Crippen molar-refractivity contribution in [3.63, 3.8) is 0 Å². The molecule has 0 rings (SSSR count). The van der Waals surface area contributed by atoms with Crippen LogP contribution in [0.5, 0.6) is 0 Å². The number of aliphatic carboxylic acids is 3. The van der Waals surface area contributed by atoms with Gasteiger partial charge in [0.15, 0.2) is 0 Å². The Morgan fingerprint density at radius 2 is 0.789 bits per heavy atom. The number of carbonyl (C=O) groups is 3. The predicted molar refractivity (Wildman–Crippen MR) is 154 cm³/mol. The molecule has 7 heteroatoms. The number of unbranched alkanes of at least 4 members (excludes halogenated alkanes) is 13. The lowest BCUT2D eigenvalue weighted by molar-refractivity contribution is -0.929. The van der Waals surface area contributed by atoms with E-state index < -0.39 is 17.9 Å². The molecule has 0 saturated heterocycles. The number of hydrogen-bond donors (Lipinski definition) is 3. The second-order valence-electron chi connectivity index (χ2n) is 11.0. The number of carboxylic acids is 3. The van der Waals surface area contributed by atoms with Crippen molar-refractivity contribution in [1.29, 1.82) is 0 Å². The Hall–Kier alpha value is -1.89. The zero-order valence-corrected chi connectivity index (χ0v) is 24.3. The standard InChI is InChI=1S/C31H57NO6/c1-2-3-4-5-6-7-8-9-10-11-12-13-14-15-16-17-18-25-32(26-19-22-29(33)34,27-20-23-30(35)36)28-21-24-31(37)38/h10-11H,2-9,12-28H2,1H3,(H2-,33,34,35,36,37,38)/p+1/b11-10+. The first-order chi connectivity index (χ1) is 18.3. The minimum atomic E-state index is -0.827. The van der Waals surface area contributed by atoms with E-state index in [9.17, 15) is 14.4 Å². The highest BCUT2D eigenvalue weighted by molar-refractivity contribution is 5.67. The Morgan fingerprint density at radius 3 is 1.16 bits per heavy atom. The second-order valence-corrected chi connectivity index (χ2v) is 11.0. The van der Waals surface area contributed by atoms with Crippen LogP contribution in [0.2, 0.25) is 0 Å². The lowest BCUT2D eigenvalue weighted by Gasteiger charge is -2.39. The normalized spacial score (nSPS) is 11.8. The number of nitrogens with zero attached hydrogens (tertiary/aromatic N) is 1. The summed E-state index contributed by atoms with van der Waals surface area (Å²) in [5.41, 5.74) is 0. The summed E-state index contributed by atoms with van der Waals surface area (Å²) < 4.78 is 0.636. The molecule has 3 N–H and O–H groups in total. The van der Waals surface area contributed by atoms with E-state index in [4.69, 9.17) is 15.3 Å². The zero-order valence-electron chi connectivity index (χ0n) is 24.3. The van der Waals surface area contributed by atoms with Gasteiger partial charge >= 0.3 is 17.9 Å². The molecule has 0 atom stereocenters. The van der Waals surface area contributed by atoms with E-state index in [1.54, 1.807) is 0 Å². The van der Waals surface area contributed by atoms with Crippen LogP contribution in [0.15, 0.2) is 12.2 Å². The first kappa shape index (κ1) is 36.1. The van der Waals surface area contributed by atoms with Gasteiger partial charge < -0.3 is 19.8 Å². The summed E-state index contributed by atoms with van der Waals surface area (Å²) in [6.45, 7) is 5.11. The van der Waals surface area contributed by atoms with Crippen molar-refractivity contribution in [3.8, 4) is 0 Å². The van der Waals surface area contributed by atoms with Gasteiger partial charge in [0.2, 0.25) is 0 Å². The monoisotopic (exact) mass is 540 g/mol. The van der Waals surface area contributed by atoms with Crippen molar-refractivity contribution in [1.82, 2.24) is 0 Å². The highest BCUT2D eigenvalue weighted by Gasteiger charge is 2.27. The Bertz CT molecular complexity index is 584. The molecule has 0 heterocycles. The van der Waals surface area contributed by atoms with E-state index in [0.29, 0.717) is 43.4 Å². The van der Waals surface area contributed by atoms with Gasteiger partial charge in [-0.25, -0.2) is 0 Å². The van der Waals surface area contributed by atoms with Gasteiger partial charge in [-0.1, -0.05) is 76.9 Å². The molecule has 0 amide bonds. The Morgan fingerprint density at radius 1 is 0.474 bits per heavy atom. The molecule has 0 spiro atoms. The molecule has 38 heavy (non-hydrogen) atoms. The fourth-order valence-corrected chi connectivity index (χ4v) is 5.24. The molecule has 0 aromatic heterocycles. The smallest absolute Gasteiger partial charge is 0.303 e. The van der Waals surface area contributed by atoms with Gasteiger partial charge in [0.25, 0.3) is 0 Å². The summed E-state index contributed by atoms with van der Waals surface area (Å²) in [4.78, 5) is 33.2. The fourth-order valence-electron chi connectivity index (χ4n) is 5.24. The number of allylic oxidation sites excluding steroid dienone is 2. The molecule has 0 unspecified atom stereocenters. The van der Waals surface area contributed by atoms with Gasteiger partial charge in [-0.2, -0.15) is 0 Å². The van der Waals surface area contributed by atoms with Crippen LogP contribution in [0, 0.1) is 0 Å². The Labute approximate surface area is 232 Å². The van der Waals surface area contributed by atoms with Gasteiger partial charge in [-0.05, 0) is 38.5 Å². The second kappa shape index (κ2) is 25.4. The average Bonchev–Trinajstić information content (AvgIpc) is 2.85. The van der Waals surface area contributed by atoms with Crippen LogP contribution in [-0.2, 0) is 14.4 Å². The van der Waals surface area contributed by atoms with Gasteiger partial charge in [-0.3, -0.25) is 14.4 Å². The first-order valence-corrected chi connectivity index (χ1v) is 15.5. The third-order valence-corrected chi connectivity index (χ3v) is 7.46. The lowest BCUT2D eigenvalue weighted by atomic mass is 10.1. The molecule has 0 fully saturated rings. The van der Waals surface area contributed by atoms with Crippen LogP contribution < -0.4 is 0 Å². The molecule has 7 nitrogen and oxygen atoms in total. The largest absolute Gasteiger partial charge is 0.481 e. The lowest BCUT2D eigenvalue weighted by Crippen LogP contribution is -2.51. The van der Waals surface area contributed by atoms with E-state index in [-0.39, 0.29) is 19.3 Å². The molecule has 0 saturated carbocycles. The maximum absolute atomic E-state index is 11.1. The van der Waals surface area contributed by atoms with Crippen LogP contribution >= 0.6 is 0 Å². The molecular weight excluding hydrogens is 482 g/mol. The molecule has 0 aliphatic heterocycles. The highest BCUT2D eigenvalue weighted by Crippen LogP contribution is 2.18. The summed E-state index contributed by atoms with van der Waals surface area (Å²) in [7, 11) is 0. The minimum Gasteiger partial charge on any atom is -0.481 e. The maximum Gasteiger partial charge on any atom is 0.303 e. The van der Waals surface area contributed by atoms with Gasteiger partial charge in [0.05, 0.1) is 45.4 Å². The number of quaternary nitrogens is 1. The van der Waals surface area contributed by atoms with Crippen molar-refractivity contribution >= 4 is 17.9 Å². The van der Waals surface area contributed by atoms with Crippen LogP contribution in [0.4, 0.5) is 0 Å². The summed E-state index contributed by atoms with van der Waals surface area (Å²) in [5, 5.41) is 27.2. The fraction of sp³-hybridized carbons (Fsp3) is 0.839. The quantitative estimate of drug-likeness (QED) is 0.0506. The molecule has 0 aromatic rings. The Kier molecular flexibility index (Phi) is 24.1. The molecule has 0 bridgehead atoms. The number of rotatable bonds is 29. The minimum absolute atomic E-state index is 0.0886. The van der Waals surface area contributed by atoms with Gasteiger partial charge in [0.1, 0.15) is 0 Å². The van der Waals surface area contributed by atoms with Crippen LogP contribution in [0.25, 0.3) is 0 Å². The van der Waals surface area contributed by atoms with Gasteiger partial charge in [-0.15, -0.1) is 0 Å². The number of hydrogen-bond acceptors (Lipinski definition) is 3. The topological polar surface area (TPSA) is 112 Å². The van der Waals surface area contributed by atoms with Gasteiger partial charge in [0, 0.05) is 19.3 Å². The third kappa shape index (κ3) is 24.4. The van der Waals surface area contributed by atoms with E-state index in [0.717, 1.165) is 25.8 Å². The van der Waals surface area contributed by atoms with Crippen molar-refractivity contribution in [3.05, 3.63) is 12.2 Å². The van der Waals surface area contributed by atoms with Crippen molar-refractivity contribution in [2.75, 3.05) is 26.2 Å². The molecule has 0 aromatic carbocycles. The maximum atomic E-state index is 11.1. The molecular formula is C31H58NO6+. The van der Waals surface area contributed by atoms with Crippen LogP contribution in [-0.4, -0.2) is 63.9 Å². The summed E-state index contributed by atoms with van der Waals surface area (Å²) in [5.74, 6) is -2.48. The zero-order chi connectivity index (χ0) is 28.3. The molecule has 0 aliphatic rings. The van der Waals surface area contributed by atoms with Crippen molar-refractivity contribution < 1.29 is 34.2 Å². The van der Waals surface area contributed by atoms with E-state index >= 15 is 0 Å². The summed E-state index contributed by atoms with van der Waals surface area (Å²) in [6.07, 6.45) is 25.4. The highest BCUT2D eigenvalue weighted by atomic mass is 16.4. The SMILES string of the molecule is CCCCCCCCC/C=C/CCCCCCCC[N+](CCCC(=O)O)(CCCC(=O)O)CCCC(=O)O. The average molecular weight is 541 g/mol. The molecule has 0 radical (unpaired) electrons. The van der Waals surface area contributed by atoms with Crippen molar-refractivity contribution in [2.45, 2.75) is 142 Å². The van der Waals surface area contributed by atoms with E-state index in [2.05, 4.69) is 19.1 Å². The van der Waals surface area contributed by atoms with E-state index in [1.807, 2.05) is 0 Å². The molecule has 222 valence electrons. The van der Waals surface area contributed by atoms with Crippen molar-refractivity contribution in [2.24, 2.45) is 0 Å². The third-order valence-electron chi connectivity index (χ3n) is 7.46. The molecule has 0 aliphatic carbocycles. The number of carboxylic acid groups (broad SMARTS) is 3. The summed E-state index contributed by atoms with van der Waals surface area (Å²) >= 11 is 0. The first-order valence-electron chi connectivity index (χ1n) is 15.5. The summed E-state index contributed by atoms with van der Waals surface area (Å²) in [6, 6.07) is 0. The van der Waals surface area contributed by atoms with Crippen LogP contribution in [0.1, 0.15) is 142 Å². The van der Waals surface area contributed by atoms with Crippen LogP contribution in [0.3, 0.4) is 0 Å². The predicted octanol–water partition coefficient (Wildman–Crippen LogP) is 7.83. The Balaban J connectivity index is 4.26. The van der Waals surface area contributed by atoms with E-state index in [1.165, 1.54) is 77.0 Å².